The first kappa shape index (κ1) is 25.0. The molecule has 0 unspecified atom stereocenters. The molecule has 2 aromatic carbocycles. The van der Waals surface area contributed by atoms with E-state index in [1.165, 1.54) is 18.5 Å². The Hall–Kier alpha value is -2.62. The Kier molecular flexibility index (Phi) is 9.11. The van der Waals surface area contributed by atoms with Crippen molar-refractivity contribution in [2.45, 2.75) is 32.2 Å². The highest BCUT2D eigenvalue weighted by atomic mass is 35.5. The summed E-state index contributed by atoms with van der Waals surface area (Å²) in [6.07, 6.45) is -0.349. The third kappa shape index (κ3) is 8.34. The van der Waals surface area contributed by atoms with Gasteiger partial charge in [-0.05, 0) is 55.3 Å². The average Bonchev–Trinajstić information content (AvgIpc) is 2.76. The lowest BCUT2D eigenvalue weighted by atomic mass is 10.1. The molecule has 0 spiro atoms. The van der Waals surface area contributed by atoms with E-state index >= 15 is 0 Å². The van der Waals surface area contributed by atoms with Crippen LogP contribution in [0.3, 0.4) is 0 Å². The van der Waals surface area contributed by atoms with Gasteiger partial charge in [0.05, 0.1) is 12.1 Å². The van der Waals surface area contributed by atoms with Gasteiger partial charge in [-0.15, -0.1) is 13.2 Å². The smallest absolute Gasteiger partial charge is 0.406 e. The molecule has 0 radical (unpaired) electrons. The molecule has 0 atom stereocenters. The first-order valence-corrected chi connectivity index (χ1v) is 11.0. The summed E-state index contributed by atoms with van der Waals surface area (Å²) in [5.41, 5.74) is 1.65. The second-order valence-corrected chi connectivity index (χ2v) is 8.00. The Bertz CT molecular complexity index is 1020. The number of hydrogen-bond donors (Lipinski definition) is 2. The van der Waals surface area contributed by atoms with E-state index in [9.17, 15) is 18.3 Å². The summed E-state index contributed by atoms with van der Waals surface area (Å²) in [5, 5.41) is 14.2. The van der Waals surface area contributed by atoms with Crippen molar-refractivity contribution < 1.29 is 23.0 Å². The number of aliphatic hydroxyl groups is 1. The van der Waals surface area contributed by atoms with Gasteiger partial charge in [-0.3, -0.25) is 4.90 Å². The van der Waals surface area contributed by atoms with E-state index in [0.29, 0.717) is 18.1 Å². The van der Waals surface area contributed by atoms with E-state index < -0.39 is 6.36 Å². The van der Waals surface area contributed by atoms with Crippen LogP contribution < -0.4 is 10.1 Å². The molecule has 0 aliphatic rings. The van der Waals surface area contributed by atoms with Crippen LogP contribution in [0.5, 0.6) is 5.75 Å². The largest absolute Gasteiger partial charge is 0.573 e. The van der Waals surface area contributed by atoms with Crippen LogP contribution in [-0.2, 0) is 6.54 Å². The number of ether oxygens (including phenoxy) is 1. The SMILES string of the molecule is OCCN(CCCCCNc1ncnc2cc(Cl)ccc12)Cc1ccc(OC(F)(F)F)cc1. The molecule has 0 aliphatic carbocycles. The molecule has 33 heavy (non-hydrogen) atoms. The van der Waals surface area contributed by atoms with Crippen LogP contribution in [0.1, 0.15) is 24.8 Å². The lowest BCUT2D eigenvalue weighted by Crippen LogP contribution is -2.27. The lowest BCUT2D eigenvalue weighted by Gasteiger charge is -2.21. The maximum atomic E-state index is 12.3. The Balaban J connectivity index is 1.41. The van der Waals surface area contributed by atoms with Crippen LogP contribution >= 0.6 is 11.6 Å². The molecule has 0 aliphatic heterocycles. The number of unbranched alkanes of at least 4 members (excludes halogenated alkanes) is 2. The van der Waals surface area contributed by atoms with Crippen molar-refractivity contribution >= 4 is 28.3 Å². The number of fused-ring (bicyclic) bond motifs is 1. The molecule has 10 heteroatoms. The number of anilines is 1. The number of benzene rings is 2. The molecular weight excluding hydrogens is 457 g/mol. The molecule has 0 fully saturated rings. The standard InChI is InChI=1S/C23H26ClF3N4O2/c24-18-6-9-20-21(14-18)29-16-30-22(20)28-10-2-1-3-11-31(12-13-32)15-17-4-7-19(8-5-17)33-23(25,26)27/h4-9,14,16,32H,1-3,10-13,15H2,(H,28,29,30). The summed E-state index contributed by atoms with van der Waals surface area (Å²) in [4.78, 5) is 10.6. The van der Waals surface area contributed by atoms with E-state index in [2.05, 4.69) is 24.9 Å². The fourth-order valence-electron chi connectivity index (χ4n) is 3.48. The van der Waals surface area contributed by atoms with Crippen molar-refractivity contribution in [3.63, 3.8) is 0 Å². The minimum Gasteiger partial charge on any atom is -0.406 e. The van der Waals surface area contributed by atoms with Crippen molar-refractivity contribution in [3.8, 4) is 5.75 Å². The van der Waals surface area contributed by atoms with Crippen molar-refractivity contribution in [3.05, 3.63) is 59.4 Å². The number of halogens is 4. The van der Waals surface area contributed by atoms with Gasteiger partial charge in [0.15, 0.2) is 0 Å². The predicted molar refractivity (Wildman–Crippen MR) is 122 cm³/mol. The van der Waals surface area contributed by atoms with Crippen molar-refractivity contribution in [2.24, 2.45) is 0 Å². The fourth-order valence-corrected chi connectivity index (χ4v) is 3.65. The second-order valence-electron chi connectivity index (χ2n) is 7.56. The number of nitrogens with zero attached hydrogens (tertiary/aromatic N) is 3. The minimum atomic E-state index is -4.70. The second kappa shape index (κ2) is 12.0. The van der Waals surface area contributed by atoms with E-state index in [0.717, 1.165) is 54.6 Å². The number of aromatic nitrogens is 2. The van der Waals surface area contributed by atoms with Crippen molar-refractivity contribution in [1.29, 1.82) is 0 Å². The summed E-state index contributed by atoms with van der Waals surface area (Å²) in [6, 6.07) is 11.3. The number of alkyl halides is 3. The molecular formula is C23H26ClF3N4O2. The number of aliphatic hydroxyl groups excluding tert-OH is 1. The molecule has 178 valence electrons. The van der Waals surface area contributed by atoms with E-state index in [-0.39, 0.29) is 12.4 Å². The monoisotopic (exact) mass is 482 g/mol. The Labute approximate surface area is 195 Å². The molecule has 0 amide bonds. The maximum Gasteiger partial charge on any atom is 0.573 e. The number of hydrogen-bond acceptors (Lipinski definition) is 6. The van der Waals surface area contributed by atoms with Gasteiger partial charge in [0.2, 0.25) is 0 Å². The number of nitrogens with one attached hydrogen (secondary N) is 1. The van der Waals surface area contributed by atoms with Gasteiger partial charge < -0.3 is 15.2 Å². The van der Waals surface area contributed by atoms with Gasteiger partial charge in [0, 0.05) is 30.0 Å². The van der Waals surface area contributed by atoms with Gasteiger partial charge in [-0.1, -0.05) is 30.2 Å². The van der Waals surface area contributed by atoms with Crippen molar-refractivity contribution in [2.75, 3.05) is 31.6 Å². The Morgan fingerprint density at radius 3 is 2.52 bits per heavy atom. The third-order valence-electron chi connectivity index (χ3n) is 5.02. The highest BCUT2D eigenvalue weighted by Gasteiger charge is 2.30. The Morgan fingerprint density at radius 1 is 1.00 bits per heavy atom. The molecule has 3 aromatic rings. The molecule has 6 nitrogen and oxygen atoms in total. The zero-order chi connectivity index (χ0) is 23.7. The minimum absolute atomic E-state index is 0.0155. The average molecular weight is 483 g/mol. The van der Waals surface area contributed by atoms with Gasteiger partial charge in [0.1, 0.15) is 17.9 Å². The maximum absolute atomic E-state index is 12.3. The quantitative estimate of drug-likeness (QED) is 0.343. The first-order chi connectivity index (χ1) is 15.8. The van der Waals surface area contributed by atoms with E-state index in [1.54, 1.807) is 18.2 Å². The normalized spacial score (nSPS) is 11.8. The van der Waals surface area contributed by atoms with Crippen molar-refractivity contribution in [1.82, 2.24) is 14.9 Å². The first-order valence-electron chi connectivity index (χ1n) is 10.7. The summed E-state index contributed by atoms with van der Waals surface area (Å²) in [7, 11) is 0. The lowest BCUT2D eigenvalue weighted by molar-refractivity contribution is -0.274. The van der Waals surface area contributed by atoms with Gasteiger partial charge >= 0.3 is 6.36 Å². The molecule has 3 rings (SSSR count). The molecule has 0 saturated carbocycles. The molecule has 0 bridgehead atoms. The predicted octanol–water partition coefficient (Wildman–Crippen LogP) is 5.26. The van der Waals surface area contributed by atoms with Crippen LogP contribution in [0.15, 0.2) is 48.8 Å². The van der Waals surface area contributed by atoms with Crippen LogP contribution in [-0.4, -0.2) is 52.6 Å². The molecule has 1 aromatic heterocycles. The molecule has 2 N–H and O–H groups in total. The molecule has 1 heterocycles. The Morgan fingerprint density at radius 2 is 1.79 bits per heavy atom. The van der Waals surface area contributed by atoms with Gasteiger partial charge in [-0.2, -0.15) is 0 Å². The summed E-state index contributed by atoms with van der Waals surface area (Å²) < 4.78 is 40.8. The summed E-state index contributed by atoms with van der Waals surface area (Å²) >= 11 is 6.01. The zero-order valence-electron chi connectivity index (χ0n) is 18.0. The van der Waals surface area contributed by atoms with E-state index in [1.807, 2.05) is 12.1 Å². The summed E-state index contributed by atoms with van der Waals surface area (Å²) in [5.74, 6) is 0.531. The van der Waals surface area contributed by atoms with Gasteiger partial charge in [0.25, 0.3) is 0 Å². The number of rotatable bonds is 12. The topological polar surface area (TPSA) is 70.5 Å². The fraction of sp³-hybridized carbons (Fsp3) is 0.391. The van der Waals surface area contributed by atoms with Crippen LogP contribution in [0, 0.1) is 0 Å². The zero-order valence-corrected chi connectivity index (χ0v) is 18.7. The van der Waals surface area contributed by atoms with Crippen LogP contribution in [0.2, 0.25) is 5.02 Å². The van der Waals surface area contributed by atoms with E-state index in [4.69, 9.17) is 11.6 Å². The molecule has 0 saturated heterocycles. The van der Waals surface area contributed by atoms with Crippen LogP contribution in [0.4, 0.5) is 19.0 Å². The van der Waals surface area contributed by atoms with Crippen LogP contribution in [0.25, 0.3) is 10.9 Å². The van der Waals surface area contributed by atoms with Gasteiger partial charge in [-0.25, -0.2) is 9.97 Å². The highest BCUT2D eigenvalue weighted by Crippen LogP contribution is 2.24. The highest BCUT2D eigenvalue weighted by molar-refractivity contribution is 6.31. The summed E-state index contributed by atoms with van der Waals surface area (Å²) in [6.45, 7) is 2.59. The third-order valence-corrected chi connectivity index (χ3v) is 5.26.